The lowest BCUT2D eigenvalue weighted by atomic mass is 9.46. The average molecular weight is 495 g/mol. The van der Waals surface area contributed by atoms with Gasteiger partial charge in [-0.2, -0.15) is 0 Å². The molecule has 5 rings (SSSR count). The molecule has 0 bridgehead atoms. The van der Waals surface area contributed by atoms with Crippen LogP contribution < -0.4 is 0 Å². The maximum absolute atomic E-state index is 11.8. The van der Waals surface area contributed by atoms with Crippen LogP contribution in [-0.2, 0) is 0 Å². The van der Waals surface area contributed by atoms with Gasteiger partial charge in [-0.1, -0.05) is 45.4 Å². The van der Waals surface area contributed by atoms with E-state index in [0.29, 0.717) is 24.7 Å². The van der Waals surface area contributed by atoms with E-state index in [9.17, 15) is 30.6 Å². The lowest BCUT2D eigenvalue weighted by Gasteiger charge is -2.63. The van der Waals surface area contributed by atoms with Gasteiger partial charge in [-0.25, -0.2) is 0 Å². The molecule has 6 N–H and O–H groups in total. The van der Waals surface area contributed by atoms with Gasteiger partial charge in [0.25, 0.3) is 0 Å². The predicted molar refractivity (Wildman–Crippen MR) is 133 cm³/mol. The van der Waals surface area contributed by atoms with E-state index >= 15 is 0 Å². The molecule has 0 amide bonds. The summed E-state index contributed by atoms with van der Waals surface area (Å²) in [5.74, 6) is 0.858. The highest BCUT2D eigenvalue weighted by molar-refractivity contribution is 5.15. The van der Waals surface area contributed by atoms with Gasteiger partial charge >= 0.3 is 0 Å². The molecule has 0 saturated heterocycles. The first kappa shape index (κ1) is 26.4. The second kappa shape index (κ2) is 10.1. The molecule has 14 unspecified atom stereocenters. The SMILES string of the molecule is CC(O)C1C(O)CC2CC3CC4C(CCC5CCCCC5)CCC(O)C4C(C)C3C(O)C2(O)C1O. The summed E-state index contributed by atoms with van der Waals surface area (Å²) in [6.07, 6.45) is 8.50. The second-order valence-corrected chi connectivity index (χ2v) is 13.5. The van der Waals surface area contributed by atoms with Crippen molar-refractivity contribution in [2.24, 2.45) is 53.3 Å². The fourth-order valence-corrected chi connectivity index (χ4v) is 10.1. The van der Waals surface area contributed by atoms with Gasteiger partial charge in [-0.15, -0.1) is 0 Å². The number of fused-ring (bicyclic) bond motifs is 3. The van der Waals surface area contributed by atoms with Crippen LogP contribution in [0.25, 0.3) is 0 Å². The first-order chi connectivity index (χ1) is 16.6. The summed E-state index contributed by atoms with van der Waals surface area (Å²) in [5.41, 5.74) is -1.73. The van der Waals surface area contributed by atoms with E-state index < -0.39 is 41.9 Å². The van der Waals surface area contributed by atoms with E-state index in [4.69, 9.17) is 0 Å². The Balaban J connectivity index is 1.36. The van der Waals surface area contributed by atoms with Crippen molar-refractivity contribution in [2.75, 3.05) is 0 Å². The largest absolute Gasteiger partial charge is 0.393 e. The molecular formula is C29H50O6. The second-order valence-electron chi connectivity index (χ2n) is 13.5. The molecule has 6 heteroatoms. The van der Waals surface area contributed by atoms with Crippen molar-refractivity contribution in [1.82, 2.24) is 0 Å². The van der Waals surface area contributed by atoms with Gasteiger partial charge in [0.1, 0.15) is 5.60 Å². The topological polar surface area (TPSA) is 121 Å². The molecule has 6 nitrogen and oxygen atoms in total. The molecule has 0 aromatic carbocycles. The van der Waals surface area contributed by atoms with Gasteiger partial charge in [0, 0.05) is 5.92 Å². The van der Waals surface area contributed by atoms with E-state index in [1.54, 1.807) is 0 Å². The minimum atomic E-state index is -1.73. The van der Waals surface area contributed by atoms with E-state index in [-0.39, 0.29) is 29.8 Å². The highest BCUT2D eigenvalue weighted by Gasteiger charge is 2.66. The maximum atomic E-state index is 11.8. The zero-order chi connectivity index (χ0) is 25.1. The third-order valence-electron chi connectivity index (χ3n) is 11.8. The minimum absolute atomic E-state index is 0.0512. The molecule has 5 aliphatic rings. The Morgan fingerprint density at radius 2 is 1.51 bits per heavy atom. The van der Waals surface area contributed by atoms with Crippen LogP contribution in [-0.4, -0.2) is 66.8 Å². The first-order valence-electron chi connectivity index (χ1n) is 14.8. The van der Waals surface area contributed by atoms with Gasteiger partial charge in [-0.3, -0.25) is 0 Å². The van der Waals surface area contributed by atoms with Gasteiger partial charge in [0.2, 0.25) is 0 Å². The molecule has 0 aliphatic heterocycles. The van der Waals surface area contributed by atoms with Crippen molar-refractivity contribution < 1.29 is 30.6 Å². The molecule has 14 atom stereocenters. The minimum Gasteiger partial charge on any atom is -0.393 e. The number of hydrogen-bond acceptors (Lipinski definition) is 6. The van der Waals surface area contributed by atoms with Crippen molar-refractivity contribution in [3.63, 3.8) is 0 Å². The zero-order valence-corrected chi connectivity index (χ0v) is 21.8. The third-order valence-corrected chi connectivity index (χ3v) is 11.8. The Morgan fingerprint density at radius 1 is 0.800 bits per heavy atom. The molecule has 0 heterocycles. The number of rotatable bonds is 4. The van der Waals surface area contributed by atoms with Crippen LogP contribution in [0.3, 0.4) is 0 Å². The number of aliphatic hydroxyl groups excluding tert-OH is 5. The fourth-order valence-electron chi connectivity index (χ4n) is 10.1. The van der Waals surface area contributed by atoms with Crippen LogP contribution >= 0.6 is 0 Å². The standard InChI is InChI=1S/C29H50O6/c1-15-24-19(12-20-14-23(32)26(16(2)30)28(34)29(20,35)27(24)33)13-21-18(10-11-22(31)25(15)21)9-8-17-6-4-3-5-7-17/h15-28,30-35H,3-14H2,1-2H3. The van der Waals surface area contributed by atoms with Crippen LogP contribution in [0.4, 0.5) is 0 Å². The molecule has 202 valence electrons. The molecule has 0 aromatic heterocycles. The highest BCUT2D eigenvalue weighted by Crippen LogP contribution is 2.60. The summed E-state index contributed by atoms with van der Waals surface area (Å²) in [6, 6.07) is 0. The smallest absolute Gasteiger partial charge is 0.120 e. The van der Waals surface area contributed by atoms with Crippen LogP contribution in [0.15, 0.2) is 0 Å². The van der Waals surface area contributed by atoms with Crippen molar-refractivity contribution in [1.29, 1.82) is 0 Å². The molecular weight excluding hydrogens is 444 g/mol. The third kappa shape index (κ3) is 4.42. The normalized spacial score (nSPS) is 53.8. The fraction of sp³-hybridized carbons (Fsp3) is 1.00. The van der Waals surface area contributed by atoms with E-state index in [1.807, 2.05) is 0 Å². The predicted octanol–water partition coefficient (Wildman–Crippen LogP) is 2.86. The van der Waals surface area contributed by atoms with Crippen molar-refractivity contribution in [3.8, 4) is 0 Å². The summed E-state index contributed by atoms with van der Waals surface area (Å²) in [5, 5.41) is 66.6. The van der Waals surface area contributed by atoms with Crippen LogP contribution in [0.5, 0.6) is 0 Å². The maximum Gasteiger partial charge on any atom is 0.120 e. The molecule has 0 spiro atoms. The Bertz CT molecular complexity index is 724. The average Bonchev–Trinajstić information content (AvgIpc) is 2.81. The van der Waals surface area contributed by atoms with Gasteiger partial charge in [0.15, 0.2) is 0 Å². The van der Waals surface area contributed by atoms with Gasteiger partial charge in [-0.05, 0) is 92.8 Å². The van der Waals surface area contributed by atoms with Gasteiger partial charge < -0.3 is 30.6 Å². The Morgan fingerprint density at radius 3 is 2.20 bits per heavy atom. The van der Waals surface area contributed by atoms with Crippen LogP contribution in [0, 0.1) is 53.3 Å². The lowest BCUT2D eigenvalue weighted by Crippen LogP contribution is -2.72. The number of aliphatic hydroxyl groups is 6. The van der Waals surface area contributed by atoms with E-state index in [1.165, 1.54) is 51.9 Å². The summed E-state index contributed by atoms with van der Waals surface area (Å²) in [7, 11) is 0. The summed E-state index contributed by atoms with van der Waals surface area (Å²) >= 11 is 0. The molecule has 5 aliphatic carbocycles. The van der Waals surface area contributed by atoms with Crippen LogP contribution in [0.1, 0.15) is 90.9 Å². The first-order valence-corrected chi connectivity index (χ1v) is 14.8. The Labute approximate surface area is 211 Å². The molecule has 35 heavy (non-hydrogen) atoms. The van der Waals surface area contributed by atoms with Crippen molar-refractivity contribution >= 4 is 0 Å². The van der Waals surface area contributed by atoms with Gasteiger partial charge in [0.05, 0.1) is 30.5 Å². The molecule has 5 fully saturated rings. The van der Waals surface area contributed by atoms with E-state index in [2.05, 4.69) is 6.92 Å². The quantitative estimate of drug-likeness (QED) is 0.357. The van der Waals surface area contributed by atoms with Crippen molar-refractivity contribution in [2.45, 2.75) is 127 Å². The molecule has 0 aromatic rings. The van der Waals surface area contributed by atoms with Crippen molar-refractivity contribution in [3.05, 3.63) is 0 Å². The molecule has 5 saturated carbocycles. The zero-order valence-electron chi connectivity index (χ0n) is 21.8. The van der Waals surface area contributed by atoms with Crippen LogP contribution in [0.2, 0.25) is 0 Å². The van der Waals surface area contributed by atoms with E-state index in [0.717, 1.165) is 25.2 Å². The molecule has 0 radical (unpaired) electrons. The summed E-state index contributed by atoms with van der Waals surface area (Å²) in [4.78, 5) is 0. The lowest BCUT2D eigenvalue weighted by molar-refractivity contribution is -0.288. The monoisotopic (exact) mass is 494 g/mol. The highest BCUT2D eigenvalue weighted by atomic mass is 16.4. The summed E-state index contributed by atoms with van der Waals surface area (Å²) in [6.45, 7) is 3.67. The Hall–Kier alpha value is -0.240. The Kier molecular flexibility index (Phi) is 7.64. The number of hydrogen-bond donors (Lipinski definition) is 6. The summed E-state index contributed by atoms with van der Waals surface area (Å²) < 4.78 is 0.